The average Bonchev–Trinajstić information content (AvgIpc) is 2.92. The van der Waals surface area contributed by atoms with Gasteiger partial charge in [-0.1, -0.05) is 17.7 Å². The Balaban J connectivity index is 1.79. The molecule has 0 saturated carbocycles. The lowest BCUT2D eigenvalue weighted by molar-refractivity contribution is -0.130. The monoisotopic (exact) mass is 298 g/mol. The number of halogens is 2. The Hall–Kier alpha value is -1.13. The van der Waals surface area contributed by atoms with E-state index in [1.807, 2.05) is 11.8 Å². The van der Waals surface area contributed by atoms with Gasteiger partial charge in [0.25, 0.3) is 0 Å². The van der Waals surface area contributed by atoms with E-state index in [9.17, 15) is 9.18 Å². The standard InChI is InChI=1S/C15H20ClFN2O/c1-11(13-5-4-12(17)10-14(13)16)18-7-6-15(20)19-8-2-3-9-19/h4-5,10-11,18H,2-3,6-9H2,1H3. The first-order chi connectivity index (χ1) is 9.58. The Morgan fingerprint density at radius 1 is 1.45 bits per heavy atom. The number of nitrogens with zero attached hydrogens (tertiary/aromatic N) is 1. The van der Waals surface area contributed by atoms with Crippen molar-refractivity contribution in [1.82, 2.24) is 10.2 Å². The smallest absolute Gasteiger partial charge is 0.223 e. The summed E-state index contributed by atoms with van der Waals surface area (Å²) in [6.45, 7) is 4.33. The predicted molar refractivity (Wildman–Crippen MR) is 78.3 cm³/mol. The van der Waals surface area contributed by atoms with Gasteiger partial charge in [0.1, 0.15) is 5.82 Å². The molecule has 1 N–H and O–H groups in total. The van der Waals surface area contributed by atoms with E-state index in [2.05, 4.69) is 5.32 Å². The summed E-state index contributed by atoms with van der Waals surface area (Å²) < 4.78 is 13.0. The number of hydrogen-bond acceptors (Lipinski definition) is 2. The molecule has 0 radical (unpaired) electrons. The SMILES string of the molecule is CC(NCCC(=O)N1CCCC1)c1ccc(F)cc1Cl. The summed E-state index contributed by atoms with van der Waals surface area (Å²) in [6.07, 6.45) is 2.71. The fourth-order valence-corrected chi connectivity index (χ4v) is 2.81. The van der Waals surface area contributed by atoms with E-state index in [1.54, 1.807) is 6.07 Å². The molecular formula is C15H20ClFN2O. The van der Waals surface area contributed by atoms with Gasteiger partial charge in [0, 0.05) is 37.1 Å². The minimum atomic E-state index is -0.338. The van der Waals surface area contributed by atoms with Gasteiger partial charge in [-0.2, -0.15) is 0 Å². The fourth-order valence-electron chi connectivity index (χ4n) is 2.48. The van der Waals surface area contributed by atoms with Crippen LogP contribution < -0.4 is 5.32 Å². The first kappa shape index (κ1) is 15.3. The van der Waals surface area contributed by atoms with Crippen LogP contribution in [0, 0.1) is 5.82 Å². The molecule has 1 unspecified atom stereocenters. The van der Waals surface area contributed by atoms with Crippen LogP contribution >= 0.6 is 11.6 Å². The Labute approximate surface area is 124 Å². The number of rotatable bonds is 5. The van der Waals surface area contributed by atoms with E-state index in [4.69, 9.17) is 11.6 Å². The first-order valence-electron chi connectivity index (χ1n) is 7.04. The van der Waals surface area contributed by atoms with Crippen LogP contribution in [0.25, 0.3) is 0 Å². The van der Waals surface area contributed by atoms with E-state index in [1.165, 1.54) is 12.1 Å². The fraction of sp³-hybridized carbons (Fsp3) is 0.533. The minimum absolute atomic E-state index is 0.00511. The second kappa shape index (κ2) is 7.04. The van der Waals surface area contributed by atoms with Gasteiger partial charge < -0.3 is 10.2 Å². The van der Waals surface area contributed by atoms with Crippen molar-refractivity contribution in [2.75, 3.05) is 19.6 Å². The summed E-state index contributed by atoms with van der Waals surface area (Å²) in [5, 5.41) is 3.67. The molecule has 0 bridgehead atoms. The number of amides is 1. The Bertz CT molecular complexity index is 475. The normalized spacial score (nSPS) is 16.4. The van der Waals surface area contributed by atoms with Crippen LogP contribution in [0.5, 0.6) is 0 Å². The lowest BCUT2D eigenvalue weighted by Crippen LogP contribution is -2.31. The highest BCUT2D eigenvalue weighted by atomic mass is 35.5. The van der Waals surface area contributed by atoms with E-state index < -0.39 is 0 Å². The van der Waals surface area contributed by atoms with Crippen LogP contribution in [-0.2, 0) is 4.79 Å². The number of carbonyl (C=O) groups excluding carboxylic acids is 1. The highest BCUT2D eigenvalue weighted by Crippen LogP contribution is 2.23. The number of carbonyl (C=O) groups is 1. The van der Waals surface area contributed by atoms with Gasteiger partial charge in [-0.15, -0.1) is 0 Å². The summed E-state index contributed by atoms with van der Waals surface area (Å²) in [6, 6.07) is 4.38. The lowest BCUT2D eigenvalue weighted by Gasteiger charge is -2.18. The maximum absolute atomic E-state index is 13.0. The van der Waals surface area contributed by atoms with Gasteiger partial charge in [-0.25, -0.2) is 4.39 Å². The molecule has 5 heteroatoms. The second-order valence-corrected chi connectivity index (χ2v) is 5.59. The Morgan fingerprint density at radius 2 is 2.15 bits per heavy atom. The lowest BCUT2D eigenvalue weighted by atomic mass is 10.1. The average molecular weight is 299 g/mol. The number of nitrogens with one attached hydrogen (secondary N) is 1. The van der Waals surface area contributed by atoms with Gasteiger partial charge in [-0.05, 0) is 37.5 Å². The molecular weight excluding hydrogens is 279 g/mol. The Kier molecular flexibility index (Phi) is 5.38. The Morgan fingerprint density at radius 3 is 2.80 bits per heavy atom. The molecule has 110 valence electrons. The van der Waals surface area contributed by atoms with Crippen LogP contribution in [0.4, 0.5) is 4.39 Å². The number of benzene rings is 1. The molecule has 1 heterocycles. The molecule has 0 aliphatic carbocycles. The molecule has 3 nitrogen and oxygen atoms in total. The van der Waals surface area contributed by atoms with Crippen LogP contribution in [0.1, 0.15) is 37.8 Å². The van der Waals surface area contributed by atoms with Crippen molar-refractivity contribution in [3.63, 3.8) is 0 Å². The molecule has 1 aliphatic rings. The van der Waals surface area contributed by atoms with E-state index >= 15 is 0 Å². The second-order valence-electron chi connectivity index (χ2n) is 5.18. The summed E-state index contributed by atoms with van der Waals surface area (Å²) in [4.78, 5) is 13.8. The van der Waals surface area contributed by atoms with Gasteiger partial charge in [-0.3, -0.25) is 4.79 Å². The summed E-state index contributed by atoms with van der Waals surface area (Å²) in [7, 11) is 0. The van der Waals surface area contributed by atoms with Gasteiger partial charge >= 0.3 is 0 Å². The van der Waals surface area contributed by atoms with Gasteiger partial charge in [0.15, 0.2) is 0 Å². The van der Waals surface area contributed by atoms with Crippen molar-refractivity contribution in [1.29, 1.82) is 0 Å². The van der Waals surface area contributed by atoms with Crippen molar-refractivity contribution >= 4 is 17.5 Å². The molecule has 1 aromatic rings. The molecule has 1 atom stereocenters. The summed E-state index contributed by atoms with van der Waals surface area (Å²) in [5.74, 6) is -0.137. The van der Waals surface area contributed by atoms with Crippen molar-refractivity contribution in [3.05, 3.63) is 34.6 Å². The topological polar surface area (TPSA) is 32.3 Å². The first-order valence-corrected chi connectivity index (χ1v) is 7.42. The van der Waals surface area contributed by atoms with Crippen molar-refractivity contribution in [3.8, 4) is 0 Å². The molecule has 0 spiro atoms. The maximum Gasteiger partial charge on any atom is 0.223 e. The zero-order valence-electron chi connectivity index (χ0n) is 11.7. The third-order valence-electron chi connectivity index (χ3n) is 3.68. The van der Waals surface area contributed by atoms with Crippen molar-refractivity contribution in [2.45, 2.75) is 32.2 Å². The van der Waals surface area contributed by atoms with Crippen molar-refractivity contribution < 1.29 is 9.18 Å². The zero-order valence-corrected chi connectivity index (χ0v) is 12.4. The van der Waals surface area contributed by atoms with Crippen LogP contribution in [0.15, 0.2) is 18.2 Å². The molecule has 1 aromatic carbocycles. The molecule has 1 saturated heterocycles. The molecule has 1 fully saturated rings. The van der Waals surface area contributed by atoms with E-state index in [-0.39, 0.29) is 17.8 Å². The van der Waals surface area contributed by atoms with Crippen LogP contribution in [0.2, 0.25) is 5.02 Å². The van der Waals surface area contributed by atoms with Gasteiger partial charge in [0.05, 0.1) is 0 Å². The predicted octanol–water partition coefficient (Wildman–Crippen LogP) is 3.14. The molecule has 2 rings (SSSR count). The summed E-state index contributed by atoms with van der Waals surface area (Å²) >= 11 is 6.01. The summed E-state index contributed by atoms with van der Waals surface area (Å²) in [5.41, 5.74) is 0.849. The molecule has 1 amide bonds. The van der Waals surface area contributed by atoms with Crippen LogP contribution in [0.3, 0.4) is 0 Å². The molecule has 20 heavy (non-hydrogen) atoms. The zero-order chi connectivity index (χ0) is 14.5. The van der Waals surface area contributed by atoms with E-state index in [0.717, 1.165) is 31.5 Å². The minimum Gasteiger partial charge on any atom is -0.343 e. The van der Waals surface area contributed by atoms with Crippen LogP contribution in [-0.4, -0.2) is 30.4 Å². The van der Waals surface area contributed by atoms with Gasteiger partial charge in [0.2, 0.25) is 5.91 Å². The van der Waals surface area contributed by atoms with E-state index in [0.29, 0.717) is 18.0 Å². The molecule has 0 aromatic heterocycles. The highest BCUT2D eigenvalue weighted by molar-refractivity contribution is 6.31. The number of likely N-dealkylation sites (tertiary alicyclic amines) is 1. The maximum atomic E-state index is 13.0. The van der Waals surface area contributed by atoms with Crippen molar-refractivity contribution in [2.24, 2.45) is 0 Å². The largest absolute Gasteiger partial charge is 0.343 e. The highest BCUT2D eigenvalue weighted by Gasteiger charge is 2.17. The third kappa shape index (κ3) is 3.93. The number of hydrogen-bond donors (Lipinski definition) is 1. The quantitative estimate of drug-likeness (QED) is 0.906. The third-order valence-corrected chi connectivity index (χ3v) is 4.00. The molecule has 1 aliphatic heterocycles.